The minimum absolute atomic E-state index is 0.154. The van der Waals surface area contributed by atoms with Crippen LogP contribution in [0.5, 0.6) is 0 Å². The maximum atomic E-state index is 11.7. The van der Waals surface area contributed by atoms with Gasteiger partial charge in [0, 0.05) is 22.3 Å². The molecule has 0 aliphatic carbocycles. The van der Waals surface area contributed by atoms with E-state index in [2.05, 4.69) is 16.9 Å². The topological polar surface area (TPSA) is 44.9 Å². The normalized spacial score (nSPS) is 10.3. The fourth-order valence-corrected chi connectivity index (χ4v) is 1.53. The van der Waals surface area contributed by atoms with Crippen LogP contribution < -0.4 is 5.32 Å². The number of amides is 1. The van der Waals surface area contributed by atoms with Crippen molar-refractivity contribution < 1.29 is 4.79 Å². The molecule has 0 bridgehead atoms. The molecule has 0 saturated heterocycles. The third kappa shape index (κ3) is 2.25. The lowest BCUT2D eigenvalue weighted by Gasteiger charge is -2.03. The third-order valence-electron chi connectivity index (χ3n) is 2.26. The minimum atomic E-state index is -0.154. The van der Waals surface area contributed by atoms with E-state index in [1.165, 1.54) is 0 Å². The van der Waals surface area contributed by atoms with E-state index in [0.717, 1.165) is 10.9 Å². The van der Waals surface area contributed by atoms with Gasteiger partial charge in [0.15, 0.2) is 0 Å². The van der Waals surface area contributed by atoms with Gasteiger partial charge >= 0.3 is 0 Å². The van der Waals surface area contributed by atoms with Gasteiger partial charge in [0.1, 0.15) is 0 Å². The Balaban J connectivity index is 2.19. The van der Waals surface area contributed by atoms with Crippen LogP contribution in [-0.4, -0.2) is 17.4 Å². The van der Waals surface area contributed by atoms with Crippen LogP contribution in [0.25, 0.3) is 10.9 Å². The molecular weight excluding hydrogens is 224 g/mol. The van der Waals surface area contributed by atoms with E-state index < -0.39 is 0 Å². The zero-order valence-electron chi connectivity index (χ0n) is 8.59. The van der Waals surface area contributed by atoms with Crippen molar-refractivity contribution in [3.8, 4) is 0 Å². The van der Waals surface area contributed by atoms with E-state index in [-0.39, 0.29) is 12.5 Å². The van der Waals surface area contributed by atoms with Crippen molar-refractivity contribution >= 4 is 28.4 Å². The minimum Gasteiger partial charge on any atom is -0.361 e. The first kappa shape index (κ1) is 10.8. The second-order valence-electron chi connectivity index (χ2n) is 3.48. The molecule has 0 saturated carbocycles. The van der Waals surface area contributed by atoms with Gasteiger partial charge in [-0.15, -0.1) is 0 Å². The number of aromatic nitrogens is 1. The van der Waals surface area contributed by atoms with Crippen molar-refractivity contribution in [1.29, 1.82) is 0 Å². The van der Waals surface area contributed by atoms with E-state index in [9.17, 15) is 4.79 Å². The summed E-state index contributed by atoms with van der Waals surface area (Å²) in [7, 11) is 0. The smallest absolute Gasteiger partial charge is 0.251 e. The molecule has 0 spiro atoms. The predicted molar refractivity (Wildman–Crippen MR) is 65.6 cm³/mol. The van der Waals surface area contributed by atoms with Gasteiger partial charge < -0.3 is 10.3 Å². The first-order chi connectivity index (χ1) is 7.66. The van der Waals surface area contributed by atoms with Gasteiger partial charge in [0.25, 0.3) is 5.91 Å². The average molecular weight is 235 g/mol. The van der Waals surface area contributed by atoms with Crippen molar-refractivity contribution in [2.45, 2.75) is 0 Å². The summed E-state index contributed by atoms with van der Waals surface area (Å²) in [4.78, 5) is 14.7. The number of benzene rings is 1. The second-order valence-corrected chi connectivity index (χ2v) is 4.01. The van der Waals surface area contributed by atoms with E-state index in [1.54, 1.807) is 6.07 Å². The quantitative estimate of drug-likeness (QED) is 0.843. The second kappa shape index (κ2) is 4.41. The maximum Gasteiger partial charge on any atom is 0.251 e. The molecule has 1 heterocycles. The van der Waals surface area contributed by atoms with E-state index in [1.807, 2.05) is 24.4 Å². The van der Waals surface area contributed by atoms with Crippen LogP contribution in [0.4, 0.5) is 0 Å². The Kier molecular flexibility index (Phi) is 2.97. The van der Waals surface area contributed by atoms with Crippen molar-refractivity contribution in [2.75, 3.05) is 6.54 Å². The number of nitrogens with one attached hydrogen (secondary N) is 2. The van der Waals surface area contributed by atoms with Gasteiger partial charge in [-0.1, -0.05) is 24.2 Å². The summed E-state index contributed by atoms with van der Waals surface area (Å²) in [6.45, 7) is 3.79. The van der Waals surface area contributed by atoms with E-state index >= 15 is 0 Å². The molecule has 1 aromatic heterocycles. The zero-order chi connectivity index (χ0) is 11.5. The molecule has 3 nitrogen and oxygen atoms in total. The fourth-order valence-electron chi connectivity index (χ4n) is 1.47. The highest BCUT2D eigenvalue weighted by Gasteiger charge is 2.06. The molecule has 2 rings (SSSR count). The number of H-pyrrole nitrogens is 1. The standard InChI is InChI=1S/C12H11ClN2O/c1-8(13)7-15-12(16)10-3-2-9-4-5-14-11(9)6-10/h2-6,14H,1,7H2,(H,15,16). The molecule has 0 unspecified atom stereocenters. The highest BCUT2D eigenvalue weighted by atomic mass is 35.5. The summed E-state index contributed by atoms with van der Waals surface area (Å²) in [5, 5.41) is 4.16. The lowest BCUT2D eigenvalue weighted by atomic mass is 10.1. The number of aromatic amines is 1. The monoisotopic (exact) mass is 234 g/mol. The molecule has 0 aliphatic heterocycles. The highest BCUT2D eigenvalue weighted by molar-refractivity contribution is 6.29. The predicted octanol–water partition coefficient (Wildman–Crippen LogP) is 2.65. The summed E-state index contributed by atoms with van der Waals surface area (Å²) >= 11 is 5.57. The molecule has 0 atom stereocenters. The molecular formula is C12H11ClN2O. The lowest BCUT2D eigenvalue weighted by molar-refractivity contribution is 0.0958. The molecule has 16 heavy (non-hydrogen) atoms. The first-order valence-electron chi connectivity index (χ1n) is 4.85. The molecule has 0 fully saturated rings. The maximum absolute atomic E-state index is 11.7. The van der Waals surface area contributed by atoms with Crippen molar-refractivity contribution in [3.05, 3.63) is 47.6 Å². The molecule has 1 aromatic carbocycles. The first-order valence-corrected chi connectivity index (χ1v) is 5.23. The number of carbonyl (C=O) groups excluding carboxylic acids is 1. The van der Waals surface area contributed by atoms with Gasteiger partial charge in [-0.2, -0.15) is 0 Å². The van der Waals surface area contributed by atoms with Crippen LogP contribution in [0.15, 0.2) is 42.1 Å². The summed E-state index contributed by atoms with van der Waals surface area (Å²) < 4.78 is 0. The number of hydrogen-bond acceptors (Lipinski definition) is 1. The molecule has 4 heteroatoms. The number of hydrogen-bond donors (Lipinski definition) is 2. The van der Waals surface area contributed by atoms with Gasteiger partial charge in [0.05, 0.1) is 6.54 Å². The SMILES string of the molecule is C=C(Cl)CNC(=O)c1ccc2cc[nH]c2c1. The van der Waals surface area contributed by atoms with E-state index in [0.29, 0.717) is 10.6 Å². The van der Waals surface area contributed by atoms with Crippen LogP contribution >= 0.6 is 11.6 Å². The lowest BCUT2D eigenvalue weighted by Crippen LogP contribution is -2.24. The Morgan fingerprint density at radius 2 is 2.25 bits per heavy atom. The molecule has 0 aliphatic rings. The van der Waals surface area contributed by atoms with Crippen LogP contribution in [-0.2, 0) is 0 Å². The fraction of sp³-hybridized carbons (Fsp3) is 0.0833. The summed E-state index contributed by atoms with van der Waals surface area (Å²) in [6, 6.07) is 7.44. The number of rotatable bonds is 3. The Morgan fingerprint density at radius 1 is 1.44 bits per heavy atom. The zero-order valence-corrected chi connectivity index (χ0v) is 9.34. The number of carbonyl (C=O) groups is 1. The van der Waals surface area contributed by atoms with Gasteiger partial charge in [-0.05, 0) is 23.6 Å². The molecule has 82 valence electrons. The highest BCUT2D eigenvalue weighted by Crippen LogP contribution is 2.14. The van der Waals surface area contributed by atoms with Crippen molar-refractivity contribution in [1.82, 2.24) is 10.3 Å². The van der Waals surface area contributed by atoms with Crippen LogP contribution in [0.1, 0.15) is 10.4 Å². The molecule has 1 amide bonds. The largest absolute Gasteiger partial charge is 0.361 e. The summed E-state index contributed by atoms with van der Waals surface area (Å²) in [5.74, 6) is -0.154. The van der Waals surface area contributed by atoms with Crippen molar-refractivity contribution in [2.24, 2.45) is 0 Å². The third-order valence-corrected chi connectivity index (χ3v) is 2.39. The average Bonchev–Trinajstić information content (AvgIpc) is 2.72. The van der Waals surface area contributed by atoms with Crippen LogP contribution in [0.3, 0.4) is 0 Å². The van der Waals surface area contributed by atoms with Crippen LogP contribution in [0, 0.1) is 0 Å². The van der Waals surface area contributed by atoms with Gasteiger partial charge in [-0.25, -0.2) is 0 Å². The summed E-state index contributed by atoms with van der Waals surface area (Å²) in [5.41, 5.74) is 1.55. The Bertz CT molecular complexity index is 545. The molecule has 2 N–H and O–H groups in total. The van der Waals surface area contributed by atoms with E-state index in [4.69, 9.17) is 11.6 Å². The van der Waals surface area contributed by atoms with Gasteiger partial charge in [-0.3, -0.25) is 4.79 Å². The van der Waals surface area contributed by atoms with Crippen LogP contribution in [0.2, 0.25) is 0 Å². The number of fused-ring (bicyclic) bond motifs is 1. The molecule has 0 radical (unpaired) electrons. The number of halogens is 1. The Hall–Kier alpha value is -1.74. The van der Waals surface area contributed by atoms with Crippen molar-refractivity contribution in [3.63, 3.8) is 0 Å². The van der Waals surface area contributed by atoms with Gasteiger partial charge in [0.2, 0.25) is 0 Å². The summed E-state index contributed by atoms with van der Waals surface area (Å²) in [6.07, 6.45) is 1.84. The Labute approximate surface area is 98.1 Å². The Morgan fingerprint density at radius 3 is 3.00 bits per heavy atom. The molecule has 2 aromatic rings.